The highest BCUT2D eigenvalue weighted by Gasteiger charge is 2.29. The number of nitrogens with zero attached hydrogens (tertiary/aromatic N) is 1. The number of ether oxygens (including phenoxy) is 1. The molecule has 1 unspecified atom stereocenters. The summed E-state index contributed by atoms with van der Waals surface area (Å²) >= 11 is 1.46. The third-order valence-corrected chi connectivity index (χ3v) is 6.31. The summed E-state index contributed by atoms with van der Waals surface area (Å²) in [6.07, 6.45) is 11.8. The minimum absolute atomic E-state index is 0.0507. The largest absolute Gasteiger partial charge is 0.497 e. The highest BCUT2D eigenvalue weighted by atomic mass is 32.2. The Morgan fingerprint density at radius 2 is 2.00 bits per heavy atom. The minimum Gasteiger partial charge on any atom is -0.497 e. The van der Waals surface area contributed by atoms with E-state index in [-0.39, 0.29) is 23.1 Å². The van der Waals surface area contributed by atoms with Gasteiger partial charge in [-0.3, -0.25) is 9.59 Å². The normalized spacial score (nSPS) is 23.2. The summed E-state index contributed by atoms with van der Waals surface area (Å²) in [5.74, 6) is 0.421. The van der Waals surface area contributed by atoms with Crippen LogP contribution in [-0.2, 0) is 9.59 Å². The third kappa shape index (κ3) is 4.12. The number of allylic oxidation sites excluding steroid dienone is 1. The summed E-state index contributed by atoms with van der Waals surface area (Å²) in [5, 5.41) is 3.03. The van der Waals surface area contributed by atoms with Gasteiger partial charge >= 0.3 is 0 Å². The number of carbonyl (C=O) groups is 2. The summed E-state index contributed by atoms with van der Waals surface area (Å²) < 4.78 is 5.16. The zero-order valence-electron chi connectivity index (χ0n) is 15.7. The van der Waals surface area contributed by atoms with Gasteiger partial charge in [-0.25, -0.2) is 4.99 Å². The van der Waals surface area contributed by atoms with Gasteiger partial charge in [-0.1, -0.05) is 37.1 Å². The topological polar surface area (TPSA) is 67.8 Å². The first-order valence-electron chi connectivity index (χ1n) is 9.48. The second-order valence-electron chi connectivity index (χ2n) is 7.08. The van der Waals surface area contributed by atoms with Gasteiger partial charge in [-0.05, 0) is 42.7 Å². The van der Waals surface area contributed by atoms with Gasteiger partial charge in [0.2, 0.25) is 0 Å². The Hall–Kier alpha value is -2.60. The van der Waals surface area contributed by atoms with Crippen LogP contribution in [0.3, 0.4) is 0 Å². The first-order valence-corrected chi connectivity index (χ1v) is 10.4. The molecule has 0 spiro atoms. The van der Waals surface area contributed by atoms with Gasteiger partial charge in [0.1, 0.15) is 5.75 Å². The Bertz CT molecular complexity index is 906. The smallest absolute Gasteiger partial charge is 0.283 e. The molecule has 1 aromatic rings. The summed E-state index contributed by atoms with van der Waals surface area (Å²) in [4.78, 5) is 29.8. The number of hydrogen-bond acceptors (Lipinski definition) is 4. The van der Waals surface area contributed by atoms with Gasteiger partial charge in [0.15, 0.2) is 0 Å². The van der Waals surface area contributed by atoms with Crippen LogP contribution in [0.1, 0.15) is 31.2 Å². The quantitative estimate of drug-likeness (QED) is 0.791. The number of aliphatic imine (C=N–C) groups is 1. The molecule has 0 aromatic heterocycles. The van der Waals surface area contributed by atoms with E-state index in [1.165, 1.54) is 24.6 Å². The maximum absolute atomic E-state index is 12.5. The Balaban J connectivity index is 1.49. The molecule has 1 aromatic carbocycles. The molecule has 1 saturated carbocycles. The first kappa shape index (κ1) is 18.7. The number of amides is 2. The van der Waals surface area contributed by atoms with Crippen LogP contribution in [0.25, 0.3) is 6.08 Å². The highest BCUT2D eigenvalue weighted by Crippen LogP contribution is 2.34. The molecule has 0 saturated heterocycles. The summed E-state index contributed by atoms with van der Waals surface area (Å²) in [6.45, 7) is 0. The number of fused-ring (bicyclic) bond motifs is 1. The van der Waals surface area contributed by atoms with Gasteiger partial charge in [-0.15, -0.1) is 11.8 Å². The van der Waals surface area contributed by atoms with Crippen LogP contribution in [0.15, 0.2) is 58.0 Å². The lowest BCUT2D eigenvalue weighted by Crippen LogP contribution is -2.35. The number of thioether (sulfide) groups is 1. The van der Waals surface area contributed by atoms with Gasteiger partial charge in [0, 0.05) is 11.6 Å². The predicted molar refractivity (Wildman–Crippen MR) is 112 cm³/mol. The maximum atomic E-state index is 12.5. The second-order valence-corrected chi connectivity index (χ2v) is 8.26. The number of nitrogens with one attached hydrogen (secondary N) is 1. The second kappa shape index (κ2) is 8.19. The molecule has 28 heavy (non-hydrogen) atoms. The Kier molecular flexibility index (Phi) is 5.48. The van der Waals surface area contributed by atoms with Crippen LogP contribution < -0.4 is 10.1 Å². The molecule has 1 heterocycles. The molecule has 2 aliphatic carbocycles. The van der Waals surface area contributed by atoms with Crippen molar-refractivity contribution in [3.63, 3.8) is 0 Å². The van der Waals surface area contributed by atoms with Crippen LogP contribution in [0.2, 0.25) is 0 Å². The van der Waals surface area contributed by atoms with Crippen LogP contribution in [0.5, 0.6) is 5.75 Å². The number of hydrogen-bond donors (Lipinski definition) is 1. The average Bonchev–Trinajstić information content (AvgIpc) is 3.22. The van der Waals surface area contributed by atoms with Gasteiger partial charge in [-0.2, -0.15) is 0 Å². The van der Waals surface area contributed by atoms with Crippen molar-refractivity contribution in [1.29, 1.82) is 0 Å². The molecule has 1 atom stereocenters. The first-order chi connectivity index (χ1) is 13.6. The van der Waals surface area contributed by atoms with Crippen molar-refractivity contribution in [3.05, 3.63) is 58.5 Å². The van der Waals surface area contributed by atoms with E-state index < -0.39 is 0 Å². The molecule has 144 valence electrons. The lowest BCUT2D eigenvalue weighted by Gasteiger charge is -2.23. The molecule has 0 bridgehead atoms. The number of benzene rings is 1. The van der Waals surface area contributed by atoms with Crippen molar-refractivity contribution in [2.75, 3.05) is 7.11 Å². The molecule has 1 aliphatic heterocycles. The fourth-order valence-electron chi connectivity index (χ4n) is 3.56. The van der Waals surface area contributed by atoms with E-state index in [1.54, 1.807) is 13.2 Å². The van der Waals surface area contributed by atoms with E-state index in [9.17, 15) is 9.59 Å². The van der Waals surface area contributed by atoms with E-state index in [0.717, 1.165) is 24.2 Å². The number of rotatable bonds is 4. The van der Waals surface area contributed by atoms with E-state index in [2.05, 4.69) is 10.3 Å². The standard InChI is InChI=1S/C22H22N2O3S/c1-27-17-9-6-14(7-10-17)12-20-22(26)24-18-13-15(8-11-19(18)28-20)21(25)23-16-4-2-3-5-16/h6-13,16,19H,2-5H2,1H3,(H,23,25)/b20-12+. The van der Waals surface area contributed by atoms with Gasteiger partial charge < -0.3 is 10.1 Å². The third-order valence-electron chi connectivity index (χ3n) is 5.11. The minimum atomic E-state index is -0.269. The van der Waals surface area contributed by atoms with Crippen molar-refractivity contribution >= 4 is 35.4 Å². The predicted octanol–water partition coefficient (Wildman–Crippen LogP) is 3.67. The fourth-order valence-corrected chi connectivity index (χ4v) is 4.58. The lowest BCUT2D eigenvalue weighted by molar-refractivity contribution is -0.118. The van der Waals surface area contributed by atoms with E-state index in [4.69, 9.17) is 4.74 Å². The van der Waals surface area contributed by atoms with Crippen molar-refractivity contribution < 1.29 is 14.3 Å². The van der Waals surface area contributed by atoms with Gasteiger partial charge in [0.25, 0.3) is 11.8 Å². The fraction of sp³-hybridized carbons (Fsp3) is 0.318. The van der Waals surface area contributed by atoms with E-state index in [1.807, 2.05) is 42.5 Å². The van der Waals surface area contributed by atoms with Crippen LogP contribution in [0.4, 0.5) is 0 Å². The van der Waals surface area contributed by atoms with Crippen molar-refractivity contribution in [2.45, 2.75) is 37.0 Å². The molecule has 2 amide bonds. The molecule has 0 radical (unpaired) electrons. The maximum Gasteiger partial charge on any atom is 0.283 e. The van der Waals surface area contributed by atoms with Crippen LogP contribution in [-0.4, -0.2) is 35.9 Å². The molecule has 3 aliphatic rings. The van der Waals surface area contributed by atoms with Gasteiger partial charge in [0.05, 0.1) is 23.0 Å². The average molecular weight is 394 g/mol. The molecular formula is C22H22N2O3S. The Morgan fingerprint density at radius 1 is 1.25 bits per heavy atom. The Morgan fingerprint density at radius 3 is 2.71 bits per heavy atom. The molecule has 6 heteroatoms. The summed E-state index contributed by atoms with van der Waals surface area (Å²) in [7, 11) is 1.62. The van der Waals surface area contributed by atoms with Crippen molar-refractivity contribution in [2.24, 2.45) is 4.99 Å². The van der Waals surface area contributed by atoms with Crippen LogP contribution >= 0.6 is 11.8 Å². The lowest BCUT2D eigenvalue weighted by atomic mass is 10.0. The highest BCUT2D eigenvalue weighted by molar-refractivity contribution is 8.05. The molecule has 1 fully saturated rings. The zero-order valence-corrected chi connectivity index (χ0v) is 16.5. The number of methoxy groups -OCH3 is 1. The van der Waals surface area contributed by atoms with Crippen molar-refractivity contribution in [3.8, 4) is 5.75 Å². The molecular weight excluding hydrogens is 372 g/mol. The van der Waals surface area contributed by atoms with Crippen molar-refractivity contribution in [1.82, 2.24) is 5.32 Å². The Labute approximate surface area is 168 Å². The summed E-state index contributed by atoms with van der Waals surface area (Å²) in [5.41, 5.74) is 2.13. The SMILES string of the molecule is COc1ccc(/C=C2/SC3C=CC(C(=O)NC4CCCC4)=CC3=NC2=O)cc1. The summed E-state index contributed by atoms with van der Waals surface area (Å²) in [6, 6.07) is 7.79. The zero-order chi connectivity index (χ0) is 19.5. The molecule has 1 N–H and O–H groups in total. The monoisotopic (exact) mass is 394 g/mol. The molecule has 5 nitrogen and oxygen atoms in total. The van der Waals surface area contributed by atoms with E-state index >= 15 is 0 Å². The number of carbonyl (C=O) groups excluding carboxylic acids is 2. The van der Waals surface area contributed by atoms with E-state index in [0.29, 0.717) is 16.2 Å². The molecule has 4 rings (SSSR count). The van der Waals surface area contributed by atoms with Crippen LogP contribution in [0, 0.1) is 0 Å².